The third kappa shape index (κ3) is 1.79. The average molecular weight is 256 g/mol. The van der Waals surface area contributed by atoms with Crippen molar-refractivity contribution in [3.63, 3.8) is 0 Å². The van der Waals surface area contributed by atoms with Crippen molar-refractivity contribution in [1.29, 1.82) is 0 Å². The van der Waals surface area contributed by atoms with E-state index in [1.165, 1.54) is 18.4 Å². The van der Waals surface area contributed by atoms with E-state index in [9.17, 15) is 0 Å². The van der Waals surface area contributed by atoms with Crippen LogP contribution in [0.5, 0.6) is 5.75 Å². The van der Waals surface area contributed by atoms with Crippen molar-refractivity contribution in [2.24, 2.45) is 0 Å². The quantitative estimate of drug-likeness (QED) is 0.878. The Balaban J connectivity index is 2.35. The van der Waals surface area contributed by atoms with Crippen LogP contribution in [-0.2, 0) is 0 Å². The molecule has 1 aromatic rings. The standard InChI is InChI=1S/C11H14BrNO/c1-14-11-8(4-2-5-9(11)12)10-6-3-7-13-10/h2,4-5,10,13H,3,6-7H2,1H3. The van der Waals surface area contributed by atoms with Crippen LogP contribution in [0.15, 0.2) is 22.7 Å². The predicted octanol–water partition coefficient (Wildman–Crippen LogP) is 2.88. The first-order valence-corrected chi connectivity index (χ1v) is 5.68. The van der Waals surface area contributed by atoms with Crippen molar-refractivity contribution in [3.05, 3.63) is 28.2 Å². The molecule has 0 radical (unpaired) electrons. The molecule has 1 unspecified atom stereocenters. The number of benzene rings is 1. The average Bonchev–Trinajstić information content (AvgIpc) is 2.70. The molecule has 0 spiro atoms. The second kappa shape index (κ2) is 4.32. The number of hydrogen-bond acceptors (Lipinski definition) is 2. The van der Waals surface area contributed by atoms with E-state index < -0.39 is 0 Å². The van der Waals surface area contributed by atoms with Gasteiger partial charge in [-0.15, -0.1) is 0 Å². The molecule has 1 aromatic carbocycles. The number of rotatable bonds is 2. The van der Waals surface area contributed by atoms with Gasteiger partial charge in [-0.2, -0.15) is 0 Å². The summed E-state index contributed by atoms with van der Waals surface area (Å²) in [6, 6.07) is 6.66. The Labute approximate surface area is 92.8 Å². The molecule has 1 saturated heterocycles. The van der Waals surface area contributed by atoms with Gasteiger partial charge in [-0.05, 0) is 41.4 Å². The summed E-state index contributed by atoms with van der Waals surface area (Å²) in [5.41, 5.74) is 1.26. The van der Waals surface area contributed by atoms with E-state index >= 15 is 0 Å². The van der Waals surface area contributed by atoms with Crippen molar-refractivity contribution in [2.45, 2.75) is 18.9 Å². The maximum Gasteiger partial charge on any atom is 0.137 e. The van der Waals surface area contributed by atoms with Crippen LogP contribution in [0.4, 0.5) is 0 Å². The predicted molar refractivity (Wildman–Crippen MR) is 60.7 cm³/mol. The van der Waals surface area contributed by atoms with Gasteiger partial charge in [0.05, 0.1) is 11.6 Å². The Morgan fingerprint density at radius 1 is 1.50 bits per heavy atom. The highest BCUT2D eigenvalue weighted by molar-refractivity contribution is 9.10. The number of ether oxygens (including phenoxy) is 1. The molecule has 1 aliphatic heterocycles. The Hall–Kier alpha value is -0.540. The molecule has 3 heteroatoms. The van der Waals surface area contributed by atoms with E-state index in [0.717, 1.165) is 16.8 Å². The smallest absolute Gasteiger partial charge is 0.137 e. The molecule has 0 aliphatic carbocycles. The van der Waals surface area contributed by atoms with Crippen molar-refractivity contribution < 1.29 is 4.74 Å². The van der Waals surface area contributed by atoms with Crippen LogP contribution >= 0.6 is 15.9 Å². The lowest BCUT2D eigenvalue weighted by Crippen LogP contribution is -2.13. The van der Waals surface area contributed by atoms with E-state index in [1.54, 1.807) is 7.11 Å². The minimum atomic E-state index is 0.461. The molecule has 1 fully saturated rings. The molecule has 76 valence electrons. The molecule has 2 rings (SSSR count). The molecule has 1 N–H and O–H groups in total. The molecule has 1 heterocycles. The summed E-state index contributed by atoms with van der Waals surface area (Å²) in [6.45, 7) is 1.11. The highest BCUT2D eigenvalue weighted by atomic mass is 79.9. The third-order valence-corrected chi connectivity index (χ3v) is 3.26. The Morgan fingerprint density at radius 3 is 3.00 bits per heavy atom. The molecule has 14 heavy (non-hydrogen) atoms. The number of hydrogen-bond donors (Lipinski definition) is 1. The van der Waals surface area contributed by atoms with Gasteiger partial charge in [0.1, 0.15) is 5.75 Å². The molecular weight excluding hydrogens is 242 g/mol. The summed E-state index contributed by atoms with van der Waals surface area (Å²) in [5.74, 6) is 0.965. The summed E-state index contributed by atoms with van der Waals surface area (Å²) in [5, 5.41) is 3.47. The van der Waals surface area contributed by atoms with Gasteiger partial charge in [-0.3, -0.25) is 0 Å². The topological polar surface area (TPSA) is 21.3 Å². The summed E-state index contributed by atoms with van der Waals surface area (Å²) >= 11 is 3.50. The Bertz CT molecular complexity index is 321. The minimum Gasteiger partial charge on any atom is -0.495 e. The SMILES string of the molecule is COc1c(Br)cccc1C1CCCN1. The first-order chi connectivity index (χ1) is 6.83. The Kier molecular flexibility index (Phi) is 3.08. The highest BCUT2D eigenvalue weighted by Crippen LogP contribution is 2.35. The van der Waals surface area contributed by atoms with E-state index in [4.69, 9.17) is 4.74 Å². The van der Waals surface area contributed by atoms with Crippen LogP contribution in [0.1, 0.15) is 24.4 Å². The molecule has 1 aliphatic rings. The molecule has 0 saturated carbocycles. The summed E-state index contributed by atoms with van der Waals surface area (Å²) in [6.07, 6.45) is 2.45. The molecular formula is C11H14BrNO. The fourth-order valence-electron chi connectivity index (χ4n) is 1.97. The van der Waals surface area contributed by atoms with E-state index in [0.29, 0.717) is 6.04 Å². The molecule has 0 aromatic heterocycles. The van der Waals surface area contributed by atoms with Gasteiger partial charge < -0.3 is 10.1 Å². The number of halogens is 1. The maximum absolute atomic E-state index is 5.40. The van der Waals surface area contributed by atoms with Crippen LogP contribution in [-0.4, -0.2) is 13.7 Å². The van der Waals surface area contributed by atoms with E-state index in [-0.39, 0.29) is 0 Å². The van der Waals surface area contributed by atoms with Crippen LogP contribution in [0.25, 0.3) is 0 Å². The van der Waals surface area contributed by atoms with Gasteiger partial charge in [0.2, 0.25) is 0 Å². The fraction of sp³-hybridized carbons (Fsp3) is 0.455. The highest BCUT2D eigenvalue weighted by Gasteiger charge is 2.20. The molecule has 0 amide bonds. The first kappa shape index (κ1) is 9.99. The zero-order chi connectivity index (χ0) is 9.97. The summed E-state index contributed by atoms with van der Waals surface area (Å²) in [7, 11) is 1.72. The van der Waals surface area contributed by atoms with Crippen molar-refractivity contribution in [3.8, 4) is 5.75 Å². The number of para-hydroxylation sites is 1. The van der Waals surface area contributed by atoms with Crippen LogP contribution in [0.3, 0.4) is 0 Å². The maximum atomic E-state index is 5.40. The number of methoxy groups -OCH3 is 1. The summed E-state index contributed by atoms with van der Waals surface area (Å²) in [4.78, 5) is 0. The normalized spacial score (nSPS) is 21.1. The second-order valence-corrected chi connectivity index (χ2v) is 4.37. The van der Waals surface area contributed by atoms with Crippen molar-refractivity contribution >= 4 is 15.9 Å². The lowest BCUT2D eigenvalue weighted by Gasteiger charge is -2.15. The second-order valence-electron chi connectivity index (χ2n) is 3.51. The van der Waals surface area contributed by atoms with Gasteiger partial charge in [-0.1, -0.05) is 12.1 Å². The van der Waals surface area contributed by atoms with Gasteiger partial charge in [0.15, 0.2) is 0 Å². The lowest BCUT2D eigenvalue weighted by atomic mass is 10.0. The zero-order valence-electron chi connectivity index (χ0n) is 8.22. The van der Waals surface area contributed by atoms with E-state index in [1.807, 2.05) is 6.07 Å². The van der Waals surface area contributed by atoms with Crippen molar-refractivity contribution in [2.75, 3.05) is 13.7 Å². The number of nitrogens with one attached hydrogen (secondary N) is 1. The van der Waals surface area contributed by atoms with E-state index in [2.05, 4.69) is 33.4 Å². The van der Waals surface area contributed by atoms with Gasteiger partial charge in [-0.25, -0.2) is 0 Å². The lowest BCUT2D eigenvalue weighted by molar-refractivity contribution is 0.400. The van der Waals surface area contributed by atoms with Crippen molar-refractivity contribution in [1.82, 2.24) is 5.32 Å². The van der Waals surface area contributed by atoms with Gasteiger partial charge >= 0.3 is 0 Å². The third-order valence-electron chi connectivity index (χ3n) is 2.64. The largest absolute Gasteiger partial charge is 0.495 e. The van der Waals surface area contributed by atoms with Crippen LogP contribution in [0, 0.1) is 0 Å². The molecule has 2 nitrogen and oxygen atoms in total. The Morgan fingerprint density at radius 2 is 2.36 bits per heavy atom. The molecule has 0 bridgehead atoms. The summed E-state index contributed by atoms with van der Waals surface area (Å²) < 4.78 is 6.44. The van der Waals surface area contributed by atoms with Gasteiger partial charge in [0.25, 0.3) is 0 Å². The molecule has 1 atom stereocenters. The first-order valence-electron chi connectivity index (χ1n) is 4.88. The van der Waals surface area contributed by atoms with Gasteiger partial charge in [0, 0.05) is 11.6 Å². The minimum absolute atomic E-state index is 0.461. The monoisotopic (exact) mass is 255 g/mol. The zero-order valence-corrected chi connectivity index (χ0v) is 9.80. The van der Waals surface area contributed by atoms with Crippen LogP contribution < -0.4 is 10.1 Å². The van der Waals surface area contributed by atoms with Crippen LogP contribution in [0.2, 0.25) is 0 Å². The fourth-order valence-corrected chi connectivity index (χ4v) is 2.51.